The number of carbonyl (C=O) groups is 2. The predicted octanol–water partition coefficient (Wildman–Crippen LogP) is 1.09. The van der Waals surface area contributed by atoms with E-state index in [1.54, 1.807) is 7.05 Å². The molecular formula is C18H29N3O2. The van der Waals surface area contributed by atoms with Gasteiger partial charge < -0.3 is 10.2 Å². The molecule has 0 spiro atoms. The van der Waals surface area contributed by atoms with Crippen molar-refractivity contribution in [3.05, 3.63) is 0 Å². The molecule has 0 aromatic carbocycles. The zero-order valence-corrected chi connectivity index (χ0v) is 14.2. The van der Waals surface area contributed by atoms with Crippen molar-refractivity contribution in [3.8, 4) is 0 Å². The second-order valence-electron chi connectivity index (χ2n) is 8.44. The molecule has 4 aliphatic carbocycles. The normalized spacial score (nSPS) is 39.5. The summed E-state index contributed by atoms with van der Waals surface area (Å²) in [6.45, 7) is 3.68. The Labute approximate surface area is 138 Å². The third-order valence-electron chi connectivity index (χ3n) is 6.80. The van der Waals surface area contributed by atoms with E-state index in [1.165, 1.54) is 19.3 Å². The van der Waals surface area contributed by atoms with Crippen LogP contribution in [0.25, 0.3) is 0 Å². The first-order chi connectivity index (χ1) is 11.1. The van der Waals surface area contributed by atoms with Crippen LogP contribution in [0.3, 0.4) is 0 Å². The van der Waals surface area contributed by atoms with Crippen LogP contribution in [0, 0.1) is 23.2 Å². The Balaban J connectivity index is 1.38. The number of nitrogens with one attached hydrogen (secondary N) is 1. The van der Waals surface area contributed by atoms with E-state index in [2.05, 4.69) is 15.1 Å². The van der Waals surface area contributed by atoms with E-state index in [9.17, 15) is 9.59 Å². The second-order valence-corrected chi connectivity index (χ2v) is 8.44. The first-order valence-corrected chi connectivity index (χ1v) is 9.30. The molecule has 128 valence electrons. The van der Waals surface area contributed by atoms with Crippen LogP contribution in [0.4, 0.5) is 0 Å². The highest BCUT2D eigenvalue weighted by Gasteiger charge is 2.55. The van der Waals surface area contributed by atoms with Gasteiger partial charge >= 0.3 is 0 Å². The number of carbonyl (C=O) groups excluding carboxylic acids is 2. The standard InChI is InChI=1S/C18H29N3O2/c1-19-16(22)12-20-2-4-21(5-3-20)17(23)18-9-13-6-14(10-18)8-15(7-13)11-18/h13-15H,2-12H2,1H3,(H,19,22). The summed E-state index contributed by atoms with van der Waals surface area (Å²) in [4.78, 5) is 29.0. The van der Waals surface area contributed by atoms with Gasteiger partial charge in [0.15, 0.2) is 0 Å². The van der Waals surface area contributed by atoms with Gasteiger partial charge in [-0.3, -0.25) is 14.5 Å². The summed E-state index contributed by atoms with van der Waals surface area (Å²) in [6, 6.07) is 0. The summed E-state index contributed by atoms with van der Waals surface area (Å²) in [5.74, 6) is 2.96. The van der Waals surface area contributed by atoms with Gasteiger partial charge in [0.05, 0.1) is 12.0 Å². The summed E-state index contributed by atoms with van der Waals surface area (Å²) in [5.41, 5.74) is -0.0162. The third kappa shape index (κ3) is 2.77. The molecule has 23 heavy (non-hydrogen) atoms. The minimum atomic E-state index is -0.0162. The zero-order valence-electron chi connectivity index (χ0n) is 14.2. The Hall–Kier alpha value is -1.10. The van der Waals surface area contributed by atoms with Gasteiger partial charge in [-0.05, 0) is 56.3 Å². The van der Waals surface area contributed by atoms with Crippen molar-refractivity contribution >= 4 is 11.8 Å². The van der Waals surface area contributed by atoms with E-state index in [0.717, 1.165) is 63.2 Å². The smallest absolute Gasteiger partial charge is 0.233 e. The third-order valence-corrected chi connectivity index (χ3v) is 6.80. The lowest BCUT2D eigenvalue weighted by molar-refractivity contribution is -0.159. The molecule has 1 aliphatic heterocycles. The van der Waals surface area contributed by atoms with Crippen LogP contribution < -0.4 is 5.32 Å². The Morgan fingerprint density at radius 1 is 0.957 bits per heavy atom. The Bertz CT molecular complexity index is 461. The van der Waals surface area contributed by atoms with Crippen molar-refractivity contribution in [2.24, 2.45) is 23.2 Å². The molecule has 0 aromatic rings. The van der Waals surface area contributed by atoms with E-state index < -0.39 is 0 Å². The van der Waals surface area contributed by atoms with E-state index in [1.807, 2.05) is 0 Å². The molecule has 5 rings (SSSR count). The Morgan fingerprint density at radius 3 is 1.96 bits per heavy atom. The first kappa shape index (κ1) is 15.4. The summed E-state index contributed by atoms with van der Waals surface area (Å²) < 4.78 is 0. The molecule has 4 bridgehead atoms. The largest absolute Gasteiger partial charge is 0.358 e. The summed E-state index contributed by atoms with van der Waals surface area (Å²) in [5, 5.41) is 2.67. The lowest BCUT2D eigenvalue weighted by Crippen LogP contribution is -2.58. The first-order valence-electron chi connectivity index (χ1n) is 9.30. The van der Waals surface area contributed by atoms with E-state index in [4.69, 9.17) is 0 Å². The number of piperazine rings is 1. The molecule has 1 N–H and O–H groups in total. The number of hydrogen-bond donors (Lipinski definition) is 1. The Kier molecular flexibility index (Phi) is 3.87. The van der Waals surface area contributed by atoms with Crippen LogP contribution in [-0.4, -0.2) is 61.4 Å². The molecule has 0 radical (unpaired) electrons. The highest BCUT2D eigenvalue weighted by molar-refractivity contribution is 5.83. The lowest BCUT2D eigenvalue weighted by atomic mass is 9.49. The number of nitrogens with zero attached hydrogens (tertiary/aromatic N) is 2. The fourth-order valence-electron chi connectivity index (χ4n) is 6.10. The molecule has 4 saturated carbocycles. The van der Waals surface area contributed by atoms with Gasteiger partial charge in [-0.2, -0.15) is 0 Å². The average molecular weight is 319 g/mol. The van der Waals surface area contributed by atoms with Gasteiger partial charge in [0.1, 0.15) is 0 Å². The summed E-state index contributed by atoms with van der Waals surface area (Å²) in [6.07, 6.45) is 7.59. The summed E-state index contributed by atoms with van der Waals surface area (Å²) >= 11 is 0. The molecule has 5 aliphatic rings. The highest BCUT2D eigenvalue weighted by atomic mass is 16.2. The minimum absolute atomic E-state index is 0.0162. The number of rotatable bonds is 3. The van der Waals surface area contributed by atoms with E-state index in [-0.39, 0.29) is 11.3 Å². The van der Waals surface area contributed by atoms with Crippen LogP contribution in [0.5, 0.6) is 0 Å². The molecule has 0 aromatic heterocycles. The van der Waals surface area contributed by atoms with Crippen molar-refractivity contribution in [2.75, 3.05) is 39.8 Å². The maximum absolute atomic E-state index is 13.3. The van der Waals surface area contributed by atoms with Gasteiger partial charge in [0.2, 0.25) is 11.8 Å². The minimum Gasteiger partial charge on any atom is -0.358 e. The van der Waals surface area contributed by atoms with Gasteiger partial charge in [-0.25, -0.2) is 0 Å². The van der Waals surface area contributed by atoms with E-state index >= 15 is 0 Å². The van der Waals surface area contributed by atoms with Crippen LogP contribution in [-0.2, 0) is 9.59 Å². The number of hydrogen-bond acceptors (Lipinski definition) is 3. The molecule has 5 heteroatoms. The topological polar surface area (TPSA) is 52.7 Å². The zero-order chi connectivity index (χ0) is 16.0. The fraction of sp³-hybridized carbons (Fsp3) is 0.889. The van der Waals surface area contributed by atoms with Crippen LogP contribution in [0.15, 0.2) is 0 Å². The SMILES string of the molecule is CNC(=O)CN1CCN(C(=O)C23CC4CC(CC(C4)C2)C3)CC1. The van der Waals surface area contributed by atoms with Crippen molar-refractivity contribution in [2.45, 2.75) is 38.5 Å². The van der Waals surface area contributed by atoms with Gasteiger partial charge in [-0.15, -0.1) is 0 Å². The van der Waals surface area contributed by atoms with Crippen molar-refractivity contribution in [1.29, 1.82) is 0 Å². The quantitative estimate of drug-likeness (QED) is 0.847. The van der Waals surface area contributed by atoms with Crippen molar-refractivity contribution < 1.29 is 9.59 Å². The van der Waals surface area contributed by atoms with Gasteiger partial charge in [-0.1, -0.05) is 0 Å². The lowest BCUT2D eigenvalue weighted by Gasteiger charge is -2.57. The van der Waals surface area contributed by atoms with Crippen LogP contribution >= 0.6 is 0 Å². The monoisotopic (exact) mass is 319 g/mol. The maximum Gasteiger partial charge on any atom is 0.233 e. The predicted molar refractivity (Wildman–Crippen MR) is 87.7 cm³/mol. The summed E-state index contributed by atoms with van der Waals surface area (Å²) in [7, 11) is 1.68. The van der Waals surface area contributed by atoms with Crippen LogP contribution in [0.1, 0.15) is 38.5 Å². The molecule has 1 saturated heterocycles. The van der Waals surface area contributed by atoms with Crippen molar-refractivity contribution in [3.63, 3.8) is 0 Å². The fourth-order valence-corrected chi connectivity index (χ4v) is 6.10. The molecule has 5 nitrogen and oxygen atoms in total. The number of likely N-dealkylation sites (N-methyl/N-ethyl adjacent to an activating group) is 1. The molecule has 2 amide bonds. The van der Waals surface area contributed by atoms with Crippen LogP contribution in [0.2, 0.25) is 0 Å². The second kappa shape index (κ2) is 5.76. The van der Waals surface area contributed by atoms with Gasteiger partial charge in [0, 0.05) is 33.2 Å². The molecule has 1 heterocycles. The molecule has 0 atom stereocenters. The molecule has 5 fully saturated rings. The molecular weight excluding hydrogens is 290 g/mol. The molecule has 0 unspecified atom stereocenters. The number of amides is 2. The highest BCUT2D eigenvalue weighted by Crippen LogP contribution is 2.60. The average Bonchev–Trinajstić information content (AvgIpc) is 2.53. The maximum atomic E-state index is 13.3. The van der Waals surface area contributed by atoms with Crippen molar-refractivity contribution in [1.82, 2.24) is 15.1 Å². The van der Waals surface area contributed by atoms with E-state index in [0.29, 0.717) is 12.5 Å². The Morgan fingerprint density at radius 2 is 1.48 bits per heavy atom. The van der Waals surface area contributed by atoms with Gasteiger partial charge in [0.25, 0.3) is 0 Å².